The van der Waals surface area contributed by atoms with Crippen LogP contribution in [0.3, 0.4) is 0 Å². The van der Waals surface area contributed by atoms with Crippen LogP contribution in [-0.2, 0) is 10.3 Å². The maximum atomic E-state index is 12.0. The van der Waals surface area contributed by atoms with Crippen LogP contribution >= 0.6 is 0 Å². The molecule has 0 spiro atoms. The summed E-state index contributed by atoms with van der Waals surface area (Å²) in [4.78, 5) is 30.6. The fourth-order valence-corrected chi connectivity index (χ4v) is 6.69. The van der Waals surface area contributed by atoms with Crippen LogP contribution in [0.2, 0.25) is 0 Å². The number of nitrogens with zero attached hydrogens (tertiary/aromatic N) is 4. The van der Waals surface area contributed by atoms with Crippen LogP contribution in [0.5, 0.6) is 0 Å². The van der Waals surface area contributed by atoms with Crippen molar-refractivity contribution >= 4 is 17.3 Å². The Morgan fingerprint density at radius 2 is 1.39 bits per heavy atom. The van der Waals surface area contributed by atoms with Gasteiger partial charge in [0.1, 0.15) is 11.2 Å². The fourth-order valence-electron chi connectivity index (χ4n) is 6.69. The number of nitro groups is 1. The van der Waals surface area contributed by atoms with E-state index >= 15 is 0 Å². The SMILES string of the molecule is COC(=O)c1ccc(N2CCC(c3ncn(C(c4ccccc4)(c4ccccc4)c4ccccc4)c3C)CC2)c([N+](=O)[O-])c1. The van der Waals surface area contributed by atoms with Crippen molar-refractivity contribution < 1.29 is 14.5 Å². The number of aromatic nitrogens is 2. The van der Waals surface area contributed by atoms with Gasteiger partial charge in [0.2, 0.25) is 0 Å². The summed E-state index contributed by atoms with van der Waals surface area (Å²) in [5.41, 5.74) is 5.51. The first kappa shape index (κ1) is 28.9. The standard InChI is InChI=1S/C36H34N4O4/c1-26-34(27-20-22-38(23-21-27)32-19-18-28(35(41)44-2)24-33(32)40(42)43)37-25-39(26)36(29-12-6-3-7-13-29,30-14-8-4-9-15-30)31-16-10-5-11-17-31/h3-19,24-25,27H,20-23H2,1-2H3. The molecule has 6 rings (SSSR count). The molecule has 0 bridgehead atoms. The molecule has 0 aliphatic carbocycles. The smallest absolute Gasteiger partial charge is 0.338 e. The van der Waals surface area contributed by atoms with Gasteiger partial charge in [-0.1, -0.05) is 91.0 Å². The maximum Gasteiger partial charge on any atom is 0.338 e. The van der Waals surface area contributed by atoms with Gasteiger partial charge in [-0.05, 0) is 48.6 Å². The van der Waals surface area contributed by atoms with Crippen molar-refractivity contribution in [3.8, 4) is 0 Å². The average molecular weight is 587 g/mol. The number of methoxy groups -OCH3 is 1. The molecular weight excluding hydrogens is 552 g/mol. The maximum absolute atomic E-state index is 12.0. The molecule has 1 fully saturated rings. The van der Waals surface area contributed by atoms with Crippen LogP contribution in [0.15, 0.2) is 116 Å². The average Bonchev–Trinajstić information content (AvgIpc) is 3.47. The Morgan fingerprint density at radius 3 is 1.86 bits per heavy atom. The molecule has 0 radical (unpaired) electrons. The van der Waals surface area contributed by atoms with Crippen molar-refractivity contribution in [2.75, 3.05) is 25.1 Å². The number of imidazole rings is 1. The molecule has 4 aromatic carbocycles. The van der Waals surface area contributed by atoms with Crippen LogP contribution in [0.25, 0.3) is 0 Å². The molecule has 222 valence electrons. The summed E-state index contributed by atoms with van der Waals surface area (Å²) in [5, 5.41) is 11.9. The van der Waals surface area contributed by atoms with E-state index in [0.717, 1.165) is 40.9 Å². The number of hydrogen-bond donors (Lipinski definition) is 0. The molecular formula is C36H34N4O4. The third-order valence-electron chi connectivity index (χ3n) is 8.80. The number of esters is 1. The summed E-state index contributed by atoms with van der Waals surface area (Å²) in [6, 6.07) is 36.2. The van der Waals surface area contributed by atoms with Gasteiger partial charge in [0.15, 0.2) is 0 Å². The molecule has 8 heteroatoms. The second kappa shape index (κ2) is 12.2. The molecule has 1 aliphatic heterocycles. The molecule has 0 N–H and O–H groups in total. The fraction of sp³-hybridized carbons (Fsp3) is 0.222. The van der Waals surface area contributed by atoms with E-state index in [9.17, 15) is 14.9 Å². The molecule has 5 aromatic rings. The van der Waals surface area contributed by atoms with Crippen molar-refractivity contribution in [2.24, 2.45) is 0 Å². The van der Waals surface area contributed by atoms with Gasteiger partial charge in [0.05, 0.1) is 29.6 Å². The highest BCUT2D eigenvalue weighted by atomic mass is 16.6. The normalized spacial score (nSPS) is 13.9. The highest BCUT2D eigenvalue weighted by Gasteiger charge is 2.40. The predicted octanol–water partition coefficient (Wildman–Crippen LogP) is 7.11. The number of piperidine rings is 1. The summed E-state index contributed by atoms with van der Waals surface area (Å²) in [6.45, 7) is 3.42. The van der Waals surface area contributed by atoms with Gasteiger partial charge in [0, 0.05) is 30.8 Å². The van der Waals surface area contributed by atoms with E-state index in [1.807, 2.05) is 29.4 Å². The lowest BCUT2D eigenvalue weighted by Crippen LogP contribution is -2.38. The Bertz CT molecular complexity index is 1670. The molecule has 0 unspecified atom stereocenters. The lowest BCUT2D eigenvalue weighted by Gasteiger charge is -2.38. The number of rotatable bonds is 8. The predicted molar refractivity (Wildman–Crippen MR) is 170 cm³/mol. The quantitative estimate of drug-likeness (QED) is 0.0833. The summed E-state index contributed by atoms with van der Waals surface area (Å²) in [6.07, 6.45) is 3.56. The zero-order valence-corrected chi connectivity index (χ0v) is 24.8. The van der Waals surface area contributed by atoms with Crippen LogP contribution in [0, 0.1) is 17.0 Å². The van der Waals surface area contributed by atoms with Crippen molar-refractivity contribution in [1.82, 2.24) is 9.55 Å². The minimum atomic E-state index is -0.637. The minimum absolute atomic E-state index is 0.0924. The van der Waals surface area contributed by atoms with Gasteiger partial charge in [0.25, 0.3) is 5.69 Å². The van der Waals surface area contributed by atoms with Gasteiger partial charge in [-0.15, -0.1) is 0 Å². The highest BCUT2D eigenvalue weighted by molar-refractivity contribution is 5.91. The molecule has 0 amide bonds. The monoisotopic (exact) mass is 586 g/mol. The van der Waals surface area contributed by atoms with Gasteiger partial charge in [-0.2, -0.15) is 0 Å². The van der Waals surface area contributed by atoms with Gasteiger partial charge >= 0.3 is 5.97 Å². The number of anilines is 1. The second-order valence-electron chi connectivity index (χ2n) is 11.1. The van der Waals surface area contributed by atoms with E-state index in [1.165, 1.54) is 13.2 Å². The summed E-state index contributed by atoms with van der Waals surface area (Å²) in [5.74, 6) is -0.400. The van der Waals surface area contributed by atoms with Gasteiger partial charge in [-0.3, -0.25) is 10.1 Å². The summed E-state index contributed by atoms with van der Waals surface area (Å²) in [7, 11) is 1.26. The van der Waals surface area contributed by atoms with E-state index in [2.05, 4.69) is 84.3 Å². The highest BCUT2D eigenvalue weighted by Crippen LogP contribution is 2.43. The number of hydrogen-bond acceptors (Lipinski definition) is 6. The summed E-state index contributed by atoms with van der Waals surface area (Å²) >= 11 is 0. The first-order valence-corrected chi connectivity index (χ1v) is 14.8. The van der Waals surface area contributed by atoms with Crippen molar-refractivity contribution in [3.05, 3.63) is 159 Å². The third kappa shape index (κ3) is 5.02. The molecule has 44 heavy (non-hydrogen) atoms. The minimum Gasteiger partial charge on any atom is -0.465 e. The van der Waals surface area contributed by atoms with E-state index in [1.54, 1.807) is 12.1 Å². The topological polar surface area (TPSA) is 90.5 Å². The molecule has 0 saturated carbocycles. The van der Waals surface area contributed by atoms with E-state index in [4.69, 9.17) is 9.72 Å². The molecule has 1 saturated heterocycles. The van der Waals surface area contributed by atoms with Gasteiger partial charge in [-0.25, -0.2) is 9.78 Å². The van der Waals surface area contributed by atoms with Crippen LogP contribution in [0.4, 0.5) is 11.4 Å². The molecule has 2 heterocycles. The Hall–Kier alpha value is -5.24. The first-order chi connectivity index (χ1) is 21.4. The zero-order chi connectivity index (χ0) is 30.7. The third-order valence-corrected chi connectivity index (χ3v) is 8.80. The van der Waals surface area contributed by atoms with Gasteiger partial charge < -0.3 is 14.2 Å². The number of benzene rings is 4. The molecule has 0 atom stereocenters. The molecule has 1 aliphatic rings. The summed E-state index contributed by atoms with van der Waals surface area (Å²) < 4.78 is 7.07. The van der Waals surface area contributed by atoms with Crippen LogP contribution in [0.1, 0.15) is 57.2 Å². The Kier molecular flexibility index (Phi) is 7.98. The number of nitro benzene ring substituents is 1. The lowest BCUT2D eigenvalue weighted by atomic mass is 9.76. The van der Waals surface area contributed by atoms with Crippen LogP contribution in [-0.4, -0.2) is 40.6 Å². The van der Waals surface area contributed by atoms with Crippen molar-refractivity contribution in [2.45, 2.75) is 31.2 Å². The van der Waals surface area contributed by atoms with E-state index in [-0.39, 0.29) is 17.2 Å². The van der Waals surface area contributed by atoms with E-state index < -0.39 is 16.4 Å². The molecule has 1 aromatic heterocycles. The molecule has 8 nitrogen and oxygen atoms in total. The Balaban J connectivity index is 1.36. The zero-order valence-electron chi connectivity index (χ0n) is 24.8. The van der Waals surface area contributed by atoms with Crippen molar-refractivity contribution in [3.63, 3.8) is 0 Å². The van der Waals surface area contributed by atoms with Crippen LogP contribution < -0.4 is 4.90 Å². The first-order valence-electron chi connectivity index (χ1n) is 14.8. The number of carbonyl (C=O) groups excluding carboxylic acids is 1. The second-order valence-corrected chi connectivity index (χ2v) is 11.1. The largest absolute Gasteiger partial charge is 0.465 e. The lowest BCUT2D eigenvalue weighted by molar-refractivity contribution is -0.384. The Morgan fingerprint density at radius 1 is 0.864 bits per heavy atom. The van der Waals surface area contributed by atoms with E-state index in [0.29, 0.717) is 18.8 Å². The Labute approximate surface area is 256 Å². The van der Waals surface area contributed by atoms with Crippen molar-refractivity contribution in [1.29, 1.82) is 0 Å². The number of ether oxygens (including phenoxy) is 1. The number of carbonyl (C=O) groups is 1.